The summed E-state index contributed by atoms with van der Waals surface area (Å²) in [5, 5.41) is 3.21. The summed E-state index contributed by atoms with van der Waals surface area (Å²) in [4.78, 5) is 4.46. The van der Waals surface area contributed by atoms with Gasteiger partial charge in [0.05, 0.1) is 5.69 Å². The fourth-order valence-corrected chi connectivity index (χ4v) is 2.18. The number of aryl methyl sites for hydroxylation is 2. The summed E-state index contributed by atoms with van der Waals surface area (Å²) in [5.74, 6) is 0.582. The highest BCUT2D eigenvalue weighted by Crippen LogP contribution is 2.37. The van der Waals surface area contributed by atoms with Gasteiger partial charge in [0.2, 0.25) is 5.95 Å². The molecule has 94 valence electrons. The second-order valence-corrected chi connectivity index (χ2v) is 4.99. The lowest BCUT2D eigenvalue weighted by atomic mass is 10.2. The van der Waals surface area contributed by atoms with Crippen molar-refractivity contribution in [2.75, 3.05) is 5.32 Å². The van der Waals surface area contributed by atoms with Gasteiger partial charge in [-0.05, 0) is 50.5 Å². The van der Waals surface area contributed by atoms with E-state index in [2.05, 4.69) is 14.9 Å². The van der Waals surface area contributed by atoms with Crippen molar-refractivity contribution in [1.29, 1.82) is 0 Å². The molecular weight excluding hydrogens is 229 g/mol. The number of hydrogen-bond acceptors (Lipinski definition) is 2. The van der Waals surface area contributed by atoms with E-state index in [1.807, 2.05) is 26.1 Å². The second kappa shape index (κ2) is 4.12. The van der Waals surface area contributed by atoms with Crippen LogP contribution in [0, 0.1) is 19.7 Å². The van der Waals surface area contributed by atoms with Crippen LogP contribution < -0.4 is 5.32 Å². The van der Waals surface area contributed by atoms with Gasteiger partial charge in [-0.3, -0.25) is 0 Å². The number of anilines is 2. The Morgan fingerprint density at radius 1 is 1.28 bits per heavy atom. The molecule has 0 radical (unpaired) electrons. The number of hydrogen-bond donors (Lipinski definition) is 1. The number of aromatic nitrogens is 2. The van der Waals surface area contributed by atoms with Gasteiger partial charge in [0.1, 0.15) is 5.82 Å². The Hall–Kier alpha value is -1.84. The monoisotopic (exact) mass is 245 g/mol. The molecule has 1 fully saturated rings. The SMILES string of the molecule is Cc1cc(F)cc(Nc2nc(C)cn2C2CC2)c1. The van der Waals surface area contributed by atoms with Crippen LogP contribution in [0.25, 0.3) is 0 Å². The number of halogens is 1. The molecule has 0 aliphatic heterocycles. The predicted octanol–water partition coefficient (Wildman–Crippen LogP) is 3.72. The Kier molecular flexibility index (Phi) is 2.58. The molecule has 2 aromatic rings. The summed E-state index contributed by atoms with van der Waals surface area (Å²) < 4.78 is 15.5. The molecule has 0 spiro atoms. The highest BCUT2D eigenvalue weighted by molar-refractivity contribution is 5.55. The molecular formula is C14H16FN3. The van der Waals surface area contributed by atoms with Gasteiger partial charge in [-0.1, -0.05) is 0 Å². The number of nitrogens with one attached hydrogen (secondary N) is 1. The Bertz CT molecular complexity index is 564. The van der Waals surface area contributed by atoms with Crippen molar-refractivity contribution in [3.63, 3.8) is 0 Å². The minimum Gasteiger partial charge on any atom is -0.325 e. The molecule has 1 N–H and O–H groups in total. The lowest BCUT2D eigenvalue weighted by molar-refractivity contribution is 0.627. The van der Waals surface area contributed by atoms with Crippen molar-refractivity contribution in [3.05, 3.63) is 41.5 Å². The molecule has 4 heteroatoms. The average Bonchev–Trinajstić information content (AvgIpc) is 3.02. The van der Waals surface area contributed by atoms with Crippen molar-refractivity contribution in [2.45, 2.75) is 32.7 Å². The van der Waals surface area contributed by atoms with E-state index in [-0.39, 0.29) is 5.82 Å². The molecule has 18 heavy (non-hydrogen) atoms. The zero-order valence-electron chi connectivity index (χ0n) is 10.6. The van der Waals surface area contributed by atoms with Crippen LogP contribution in [0.5, 0.6) is 0 Å². The van der Waals surface area contributed by atoms with Crippen LogP contribution in [-0.2, 0) is 0 Å². The van der Waals surface area contributed by atoms with Crippen molar-refractivity contribution in [3.8, 4) is 0 Å². The van der Waals surface area contributed by atoms with Crippen molar-refractivity contribution < 1.29 is 4.39 Å². The van der Waals surface area contributed by atoms with Gasteiger partial charge in [0, 0.05) is 17.9 Å². The molecule has 1 aliphatic rings. The van der Waals surface area contributed by atoms with Crippen molar-refractivity contribution in [1.82, 2.24) is 9.55 Å². The second-order valence-electron chi connectivity index (χ2n) is 4.99. The lowest BCUT2D eigenvalue weighted by Crippen LogP contribution is -2.01. The zero-order chi connectivity index (χ0) is 12.7. The Labute approximate surface area is 106 Å². The lowest BCUT2D eigenvalue weighted by Gasteiger charge is -2.09. The Morgan fingerprint density at radius 3 is 2.72 bits per heavy atom. The van der Waals surface area contributed by atoms with E-state index in [0.717, 1.165) is 22.9 Å². The Morgan fingerprint density at radius 2 is 2.06 bits per heavy atom. The molecule has 1 aromatic carbocycles. The molecule has 1 aromatic heterocycles. The maximum Gasteiger partial charge on any atom is 0.207 e. The molecule has 0 bridgehead atoms. The number of benzene rings is 1. The number of rotatable bonds is 3. The molecule has 0 amide bonds. The van der Waals surface area contributed by atoms with Crippen molar-refractivity contribution >= 4 is 11.6 Å². The first-order valence-corrected chi connectivity index (χ1v) is 6.21. The average molecular weight is 245 g/mol. The third-order valence-electron chi connectivity index (χ3n) is 3.09. The highest BCUT2D eigenvalue weighted by Gasteiger charge is 2.26. The van der Waals surface area contributed by atoms with Gasteiger partial charge >= 0.3 is 0 Å². The van der Waals surface area contributed by atoms with E-state index in [9.17, 15) is 4.39 Å². The Balaban J connectivity index is 1.91. The van der Waals surface area contributed by atoms with Gasteiger partial charge in [0.15, 0.2) is 0 Å². The van der Waals surface area contributed by atoms with Gasteiger partial charge in [0.25, 0.3) is 0 Å². The molecule has 0 unspecified atom stereocenters. The summed E-state index contributed by atoms with van der Waals surface area (Å²) in [7, 11) is 0. The quantitative estimate of drug-likeness (QED) is 0.893. The summed E-state index contributed by atoms with van der Waals surface area (Å²) in [5.41, 5.74) is 2.64. The largest absolute Gasteiger partial charge is 0.325 e. The van der Waals surface area contributed by atoms with Crippen LogP contribution in [0.3, 0.4) is 0 Å². The summed E-state index contributed by atoms with van der Waals surface area (Å²) in [6, 6.07) is 5.49. The topological polar surface area (TPSA) is 29.9 Å². The van der Waals surface area contributed by atoms with E-state index in [0.29, 0.717) is 6.04 Å². The third kappa shape index (κ3) is 2.23. The van der Waals surface area contributed by atoms with Gasteiger partial charge < -0.3 is 9.88 Å². The minimum atomic E-state index is -0.223. The van der Waals surface area contributed by atoms with Crippen LogP contribution in [0.1, 0.15) is 30.1 Å². The maximum atomic E-state index is 13.3. The van der Waals surface area contributed by atoms with Crippen LogP contribution in [-0.4, -0.2) is 9.55 Å². The molecule has 0 atom stereocenters. The standard InChI is InChI=1S/C14H16FN3/c1-9-5-11(15)7-12(6-9)17-14-16-10(2)8-18(14)13-3-4-13/h5-8,13H,3-4H2,1-2H3,(H,16,17). The van der Waals surface area contributed by atoms with Gasteiger partial charge in [-0.15, -0.1) is 0 Å². The number of imidazole rings is 1. The van der Waals surface area contributed by atoms with E-state index < -0.39 is 0 Å². The zero-order valence-corrected chi connectivity index (χ0v) is 10.6. The predicted molar refractivity (Wildman–Crippen MR) is 69.7 cm³/mol. The summed E-state index contributed by atoms with van der Waals surface area (Å²) in [6.45, 7) is 3.85. The van der Waals surface area contributed by atoms with Crippen molar-refractivity contribution in [2.24, 2.45) is 0 Å². The first-order valence-electron chi connectivity index (χ1n) is 6.21. The van der Waals surface area contributed by atoms with E-state index in [1.165, 1.54) is 25.0 Å². The molecule has 3 rings (SSSR count). The van der Waals surface area contributed by atoms with E-state index in [4.69, 9.17) is 0 Å². The first-order chi connectivity index (χ1) is 8.61. The fraction of sp³-hybridized carbons (Fsp3) is 0.357. The molecule has 3 nitrogen and oxygen atoms in total. The fourth-order valence-electron chi connectivity index (χ4n) is 2.18. The summed E-state index contributed by atoms with van der Waals surface area (Å²) in [6.07, 6.45) is 4.45. The summed E-state index contributed by atoms with van der Waals surface area (Å²) >= 11 is 0. The maximum absolute atomic E-state index is 13.3. The van der Waals surface area contributed by atoms with Crippen LogP contribution >= 0.6 is 0 Å². The highest BCUT2D eigenvalue weighted by atomic mass is 19.1. The van der Waals surface area contributed by atoms with Crippen LogP contribution in [0.15, 0.2) is 24.4 Å². The molecule has 1 heterocycles. The minimum absolute atomic E-state index is 0.223. The first kappa shape index (κ1) is 11.3. The molecule has 1 saturated carbocycles. The van der Waals surface area contributed by atoms with E-state index >= 15 is 0 Å². The third-order valence-corrected chi connectivity index (χ3v) is 3.09. The van der Waals surface area contributed by atoms with Crippen LogP contribution in [0.2, 0.25) is 0 Å². The molecule has 0 saturated heterocycles. The van der Waals surface area contributed by atoms with Gasteiger partial charge in [-0.2, -0.15) is 0 Å². The van der Waals surface area contributed by atoms with E-state index in [1.54, 1.807) is 0 Å². The van der Waals surface area contributed by atoms with Gasteiger partial charge in [-0.25, -0.2) is 9.37 Å². The number of nitrogens with zero attached hydrogens (tertiary/aromatic N) is 2. The smallest absolute Gasteiger partial charge is 0.207 e. The molecule has 1 aliphatic carbocycles. The normalized spacial score (nSPS) is 14.8. The van der Waals surface area contributed by atoms with Crippen LogP contribution in [0.4, 0.5) is 16.0 Å².